The van der Waals surface area contributed by atoms with Gasteiger partial charge in [0.2, 0.25) is 0 Å². The molecule has 1 aliphatic rings. The first kappa shape index (κ1) is 36.4. The number of hydrogen-bond acceptors (Lipinski definition) is 7. The number of benzene rings is 3. The van der Waals surface area contributed by atoms with Gasteiger partial charge in [0, 0.05) is 35.9 Å². The van der Waals surface area contributed by atoms with Crippen molar-refractivity contribution in [3.63, 3.8) is 0 Å². The molecule has 3 heterocycles. The number of aryl methyl sites for hydroxylation is 1. The second kappa shape index (κ2) is 13.7. The Kier molecular flexibility index (Phi) is 9.75. The third-order valence-corrected chi connectivity index (χ3v) is 8.86. The molecule has 0 aliphatic carbocycles. The number of nitrogens with zero attached hydrogens (tertiary/aromatic N) is 5. The number of hydrogen-bond donors (Lipinski definition) is 2. The summed E-state index contributed by atoms with van der Waals surface area (Å²) < 4.78 is 113. The Balaban J connectivity index is 1.54. The topological polar surface area (TPSA) is 107 Å². The van der Waals surface area contributed by atoms with Gasteiger partial charge in [0.05, 0.1) is 24.0 Å². The Labute approximate surface area is 290 Å². The highest BCUT2D eigenvalue weighted by molar-refractivity contribution is 6.30. The van der Waals surface area contributed by atoms with E-state index < -0.39 is 83.7 Å². The van der Waals surface area contributed by atoms with Crippen molar-refractivity contribution in [2.75, 3.05) is 13.7 Å². The van der Waals surface area contributed by atoms with Crippen LogP contribution in [-0.4, -0.2) is 72.4 Å². The average Bonchev–Trinajstić information content (AvgIpc) is 3.65. The van der Waals surface area contributed by atoms with Gasteiger partial charge in [-0.3, -0.25) is 4.68 Å². The second-order valence-electron chi connectivity index (χ2n) is 12.2. The van der Waals surface area contributed by atoms with Crippen LogP contribution in [0.3, 0.4) is 0 Å². The van der Waals surface area contributed by atoms with Crippen molar-refractivity contribution in [2.24, 2.45) is 0 Å². The molecule has 270 valence electrons. The van der Waals surface area contributed by atoms with Gasteiger partial charge in [0.1, 0.15) is 47.0 Å². The van der Waals surface area contributed by atoms with Crippen LogP contribution in [0.2, 0.25) is 5.02 Å². The molecule has 1 saturated heterocycles. The summed E-state index contributed by atoms with van der Waals surface area (Å²) in [6.07, 6.45) is -7.54. The van der Waals surface area contributed by atoms with Crippen LogP contribution >= 0.6 is 11.6 Å². The Morgan fingerprint density at radius 2 is 1.69 bits per heavy atom. The van der Waals surface area contributed by atoms with Gasteiger partial charge < -0.3 is 19.7 Å². The largest absolute Gasteiger partial charge is 0.418 e. The van der Waals surface area contributed by atoms with Crippen molar-refractivity contribution in [3.8, 4) is 28.1 Å². The SMILES string of the molecule is CO[C@H]1C(C(C)O)OCC(O)(Cc2nc(C)nn2-c2cc(Cl)ccc2C(F)(F)F)C1n1cc(-c2cc(F)c(F)c(F)c2)c(-c2ccc(F)cc2)n1. The van der Waals surface area contributed by atoms with Crippen molar-refractivity contribution in [2.45, 2.75) is 56.4 Å². The van der Waals surface area contributed by atoms with Gasteiger partial charge in [0.25, 0.3) is 0 Å². The lowest BCUT2D eigenvalue weighted by Gasteiger charge is -2.47. The normalized spacial score (nSPS) is 21.6. The molecule has 2 N–H and O–H groups in total. The Morgan fingerprint density at radius 1 is 1.02 bits per heavy atom. The molecule has 2 aromatic heterocycles. The number of ether oxygens (including phenoxy) is 2. The zero-order valence-corrected chi connectivity index (χ0v) is 27.7. The maximum absolute atomic E-state index is 14.5. The molecule has 6 rings (SSSR count). The third kappa shape index (κ3) is 6.98. The maximum Gasteiger partial charge on any atom is 0.418 e. The number of halogens is 8. The quantitative estimate of drug-likeness (QED) is 0.136. The molecule has 5 atom stereocenters. The van der Waals surface area contributed by atoms with Crippen molar-refractivity contribution in [1.29, 1.82) is 0 Å². The van der Waals surface area contributed by atoms with Gasteiger partial charge in [0.15, 0.2) is 17.5 Å². The molecule has 4 unspecified atom stereocenters. The lowest BCUT2D eigenvalue weighted by molar-refractivity contribution is -0.230. The summed E-state index contributed by atoms with van der Waals surface area (Å²) in [6.45, 7) is 2.31. The van der Waals surface area contributed by atoms with Crippen LogP contribution in [0.15, 0.2) is 60.8 Å². The summed E-state index contributed by atoms with van der Waals surface area (Å²) in [7, 11) is 1.27. The summed E-state index contributed by atoms with van der Waals surface area (Å²) >= 11 is 6.10. The van der Waals surface area contributed by atoms with Crippen molar-refractivity contribution >= 4 is 11.6 Å². The molecular formula is C34H29ClF7N5O4. The molecule has 17 heteroatoms. The molecule has 3 aromatic carbocycles. The first-order valence-corrected chi connectivity index (χ1v) is 15.7. The van der Waals surface area contributed by atoms with E-state index in [9.17, 15) is 40.9 Å². The monoisotopic (exact) mass is 739 g/mol. The Hall–Kier alpha value is -4.35. The van der Waals surface area contributed by atoms with Crippen LogP contribution in [0.4, 0.5) is 30.7 Å². The molecule has 51 heavy (non-hydrogen) atoms. The van der Waals surface area contributed by atoms with E-state index in [0.29, 0.717) is 0 Å². The summed E-state index contributed by atoms with van der Waals surface area (Å²) in [5, 5.41) is 31.9. The van der Waals surface area contributed by atoms with Gasteiger partial charge in [-0.1, -0.05) is 11.6 Å². The van der Waals surface area contributed by atoms with Crippen molar-refractivity contribution in [1.82, 2.24) is 24.5 Å². The molecule has 1 fully saturated rings. The van der Waals surface area contributed by atoms with E-state index in [1.165, 1.54) is 44.0 Å². The van der Waals surface area contributed by atoms with E-state index in [1.54, 1.807) is 0 Å². The molecule has 9 nitrogen and oxygen atoms in total. The smallest absolute Gasteiger partial charge is 0.391 e. The van der Waals surface area contributed by atoms with Gasteiger partial charge >= 0.3 is 6.18 Å². The minimum atomic E-state index is -4.82. The number of aliphatic hydroxyl groups is 2. The molecule has 0 saturated carbocycles. The van der Waals surface area contributed by atoms with Crippen molar-refractivity contribution in [3.05, 3.63) is 106 Å². The standard InChI is InChI=1S/C34H29ClF7N5O4/c1-16(48)30-31(50-3)32(46-14-22(19-10-24(37)28(39)25(38)11-19)29(45-46)18-4-7-21(36)8-5-18)33(49,15-51-30)13-27-43-17(2)44-47(27)26-12-20(35)6-9-23(26)34(40,41)42/h4-12,14,16,30-32,48-49H,13,15H2,1-3H3/t16?,30?,31-,32?,33?/m0/s1. The molecule has 0 radical (unpaired) electrons. The second-order valence-corrected chi connectivity index (χ2v) is 12.7. The highest BCUT2D eigenvalue weighted by Crippen LogP contribution is 2.43. The predicted octanol–water partition coefficient (Wildman–Crippen LogP) is 6.64. The van der Waals surface area contributed by atoms with Crippen LogP contribution < -0.4 is 0 Å². The fourth-order valence-electron chi connectivity index (χ4n) is 6.37. The van der Waals surface area contributed by atoms with Crippen molar-refractivity contribution < 1.29 is 50.4 Å². The predicted molar refractivity (Wildman–Crippen MR) is 169 cm³/mol. The molecular weight excluding hydrogens is 711 g/mol. The van der Waals surface area contributed by atoms with Gasteiger partial charge in [-0.2, -0.15) is 23.4 Å². The molecule has 0 amide bonds. The van der Waals surface area contributed by atoms with E-state index in [2.05, 4.69) is 15.2 Å². The highest BCUT2D eigenvalue weighted by Gasteiger charge is 2.54. The van der Waals surface area contributed by atoms with E-state index in [4.69, 9.17) is 21.1 Å². The number of aromatic nitrogens is 5. The number of methoxy groups -OCH3 is 1. The maximum atomic E-state index is 14.5. The summed E-state index contributed by atoms with van der Waals surface area (Å²) in [4.78, 5) is 4.32. The van der Waals surface area contributed by atoms with Crippen LogP contribution in [0.5, 0.6) is 0 Å². The Bertz CT molecular complexity index is 2050. The lowest BCUT2D eigenvalue weighted by Crippen LogP contribution is -2.62. The van der Waals surface area contributed by atoms with Gasteiger partial charge in [-0.05, 0) is 74.0 Å². The zero-order valence-electron chi connectivity index (χ0n) is 27.0. The summed E-state index contributed by atoms with van der Waals surface area (Å²) in [5.74, 6) is -5.38. The minimum absolute atomic E-state index is 0.0278. The highest BCUT2D eigenvalue weighted by atomic mass is 35.5. The number of alkyl halides is 3. The van der Waals surface area contributed by atoms with E-state index in [-0.39, 0.29) is 39.1 Å². The first-order valence-electron chi connectivity index (χ1n) is 15.3. The fourth-order valence-corrected chi connectivity index (χ4v) is 6.54. The van der Waals surface area contributed by atoms with Crippen LogP contribution in [0.25, 0.3) is 28.1 Å². The first-order chi connectivity index (χ1) is 24.0. The molecule has 1 aliphatic heterocycles. The van der Waals surface area contributed by atoms with Crippen LogP contribution in [0.1, 0.15) is 30.2 Å². The molecule has 5 aromatic rings. The van der Waals surface area contributed by atoms with E-state index in [1.807, 2.05) is 0 Å². The fraction of sp³-hybridized carbons (Fsp3) is 0.324. The van der Waals surface area contributed by atoms with Crippen LogP contribution in [0, 0.1) is 30.2 Å². The van der Waals surface area contributed by atoms with Crippen LogP contribution in [-0.2, 0) is 22.1 Å². The number of rotatable bonds is 8. The summed E-state index contributed by atoms with van der Waals surface area (Å²) in [6, 6.07) is 7.99. The Morgan fingerprint density at radius 3 is 2.29 bits per heavy atom. The average molecular weight is 740 g/mol. The van der Waals surface area contributed by atoms with E-state index in [0.717, 1.165) is 47.1 Å². The third-order valence-electron chi connectivity index (χ3n) is 8.63. The number of aliphatic hydroxyl groups excluding tert-OH is 1. The van der Waals surface area contributed by atoms with Gasteiger partial charge in [-0.25, -0.2) is 27.2 Å². The lowest BCUT2D eigenvalue weighted by atomic mass is 9.81. The summed E-state index contributed by atoms with van der Waals surface area (Å²) in [5.41, 5.74) is -3.51. The molecule has 0 bridgehead atoms. The zero-order chi connectivity index (χ0) is 37.0. The molecule has 0 spiro atoms. The minimum Gasteiger partial charge on any atom is -0.391 e. The van der Waals surface area contributed by atoms with E-state index >= 15 is 0 Å². The van der Waals surface area contributed by atoms with Gasteiger partial charge in [-0.15, -0.1) is 0 Å².